The van der Waals surface area contributed by atoms with Crippen LogP contribution in [0.4, 0.5) is 11.4 Å². The highest BCUT2D eigenvalue weighted by Gasteiger charge is 2.26. The first-order valence-corrected chi connectivity index (χ1v) is 11.1. The third-order valence-electron chi connectivity index (χ3n) is 4.85. The molecule has 30 heavy (non-hydrogen) atoms. The Labute approximate surface area is 175 Å². The lowest BCUT2D eigenvalue weighted by Crippen LogP contribution is -2.28. The Morgan fingerprint density at radius 1 is 1.10 bits per heavy atom. The van der Waals surface area contributed by atoms with E-state index in [9.17, 15) is 13.2 Å². The van der Waals surface area contributed by atoms with E-state index in [0.29, 0.717) is 35.8 Å². The van der Waals surface area contributed by atoms with E-state index in [1.807, 2.05) is 13.0 Å². The SMILES string of the molecule is CCOc1ccc(S(=O)(=O)Nc2ccc3c(c2)N(C(=O)c2ccncc2)CC3)cc1. The zero-order valence-corrected chi connectivity index (χ0v) is 17.2. The number of carbonyl (C=O) groups excluding carboxylic acids is 1. The van der Waals surface area contributed by atoms with Crippen LogP contribution < -0.4 is 14.4 Å². The normalized spacial score (nSPS) is 13.0. The van der Waals surface area contributed by atoms with Crippen molar-refractivity contribution in [1.29, 1.82) is 0 Å². The summed E-state index contributed by atoms with van der Waals surface area (Å²) >= 11 is 0. The maximum Gasteiger partial charge on any atom is 0.261 e. The van der Waals surface area contributed by atoms with Crippen molar-refractivity contribution < 1.29 is 17.9 Å². The quantitative estimate of drug-likeness (QED) is 0.656. The van der Waals surface area contributed by atoms with Crippen LogP contribution in [0.25, 0.3) is 0 Å². The van der Waals surface area contributed by atoms with Crippen LogP contribution >= 0.6 is 0 Å². The van der Waals surface area contributed by atoms with Gasteiger partial charge >= 0.3 is 0 Å². The molecule has 0 fully saturated rings. The topological polar surface area (TPSA) is 88.6 Å². The third kappa shape index (κ3) is 3.99. The van der Waals surface area contributed by atoms with Gasteiger partial charge in [-0.3, -0.25) is 14.5 Å². The van der Waals surface area contributed by atoms with E-state index in [2.05, 4.69) is 9.71 Å². The van der Waals surface area contributed by atoms with Gasteiger partial charge in [-0.2, -0.15) is 0 Å². The van der Waals surface area contributed by atoms with Gasteiger partial charge in [0.05, 0.1) is 17.2 Å². The predicted octanol–water partition coefficient (Wildman–Crippen LogP) is 3.48. The average Bonchev–Trinajstić information content (AvgIpc) is 3.17. The number of carbonyl (C=O) groups is 1. The fourth-order valence-corrected chi connectivity index (χ4v) is 4.45. The number of hydrogen-bond acceptors (Lipinski definition) is 5. The smallest absolute Gasteiger partial charge is 0.261 e. The lowest BCUT2D eigenvalue weighted by Gasteiger charge is -2.18. The number of hydrogen-bond donors (Lipinski definition) is 1. The average molecular weight is 423 g/mol. The van der Waals surface area contributed by atoms with Crippen LogP contribution in [0.2, 0.25) is 0 Å². The van der Waals surface area contributed by atoms with E-state index in [1.165, 1.54) is 12.1 Å². The van der Waals surface area contributed by atoms with Gasteiger partial charge in [0.1, 0.15) is 5.75 Å². The number of aromatic nitrogens is 1. The van der Waals surface area contributed by atoms with E-state index in [4.69, 9.17) is 4.74 Å². The molecule has 0 spiro atoms. The summed E-state index contributed by atoms with van der Waals surface area (Å²) in [4.78, 5) is 18.6. The van der Waals surface area contributed by atoms with Crippen LogP contribution in [0, 0.1) is 0 Å². The van der Waals surface area contributed by atoms with Gasteiger partial charge < -0.3 is 9.64 Å². The summed E-state index contributed by atoms with van der Waals surface area (Å²) in [5.74, 6) is 0.474. The van der Waals surface area contributed by atoms with Gasteiger partial charge in [-0.05, 0) is 67.4 Å². The first kappa shape index (κ1) is 19.9. The number of pyridine rings is 1. The summed E-state index contributed by atoms with van der Waals surface area (Å²) in [7, 11) is -3.77. The Hall–Kier alpha value is -3.39. The number of rotatable bonds is 6. The van der Waals surface area contributed by atoms with E-state index < -0.39 is 10.0 Å². The number of nitrogens with zero attached hydrogens (tertiary/aromatic N) is 2. The van der Waals surface area contributed by atoms with Gasteiger partial charge in [0.15, 0.2) is 0 Å². The molecule has 0 bridgehead atoms. The summed E-state index contributed by atoms with van der Waals surface area (Å²) < 4.78 is 33.5. The van der Waals surface area contributed by atoms with Crippen molar-refractivity contribution in [2.24, 2.45) is 0 Å². The predicted molar refractivity (Wildman–Crippen MR) is 114 cm³/mol. The van der Waals surface area contributed by atoms with Gasteiger partial charge in [0.2, 0.25) is 0 Å². The van der Waals surface area contributed by atoms with Crippen molar-refractivity contribution in [1.82, 2.24) is 4.98 Å². The minimum Gasteiger partial charge on any atom is -0.494 e. The molecule has 2 heterocycles. The summed E-state index contributed by atoms with van der Waals surface area (Å²) in [6.45, 7) is 2.92. The maximum absolute atomic E-state index is 12.9. The molecule has 1 N–H and O–H groups in total. The first-order valence-electron chi connectivity index (χ1n) is 9.58. The van der Waals surface area contributed by atoms with E-state index in [0.717, 1.165) is 12.0 Å². The molecule has 2 aromatic carbocycles. The molecule has 0 radical (unpaired) electrons. The minimum absolute atomic E-state index is 0.135. The molecule has 1 aromatic heterocycles. The molecule has 8 heteroatoms. The fraction of sp³-hybridized carbons (Fsp3) is 0.182. The first-order chi connectivity index (χ1) is 14.5. The van der Waals surface area contributed by atoms with Crippen molar-refractivity contribution in [2.75, 3.05) is 22.8 Å². The summed E-state index contributed by atoms with van der Waals surface area (Å²) in [6.07, 6.45) is 3.87. The fourth-order valence-electron chi connectivity index (χ4n) is 3.40. The molecule has 0 aliphatic carbocycles. The Balaban J connectivity index is 1.57. The number of sulfonamides is 1. The molecule has 4 rings (SSSR count). The lowest BCUT2D eigenvalue weighted by atomic mass is 10.1. The number of benzene rings is 2. The van der Waals surface area contributed by atoms with Crippen molar-refractivity contribution in [3.63, 3.8) is 0 Å². The Morgan fingerprint density at radius 3 is 2.53 bits per heavy atom. The van der Waals surface area contributed by atoms with Crippen molar-refractivity contribution in [2.45, 2.75) is 18.2 Å². The zero-order chi connectivity index (χ0) is 21.1. The highest BCUT2D eigenvalue weighted by molar-refractivity contribution is 7.92. The van der Waals surface area contributed by atoms with E-state index in [-0.39, 0.29) is 10.8 Å². The lowest BCUT2D eigenvalue weighted by molar-refractivity contribution is 0.0989. The Kier molecular flexibility index (Phi) is 5.41. The molecule has 1 aliphatic heterocycles. The van der Waals surface area contributed by atoms with Crippen molar-refractivity contribution in [3.8, 4) is 5.75 Å². The molecule has 154 valence electrons. The minimum atomic E-state index is -3.77. The zero-order valence-electron chi connectivity index (χ0n) is 16.4. The van der Waals surface area contributed by atoms with Gasteiger partial charge in [-0.15, -0.1) is 0 Å². The number of ether oxygens (including phenoxy) is 1. The van der Waals surface area contributed by atoms with Crippen molar-refractivity contribution >= 4 is 27.3 Å². The van der Waals surface area contributed by atoms with E-state index in [1.54, 1.807) is 53.7 Å². The molecule has 1 aliphatic rings. The monoisotopic (exact) mass is 423 g/mol. The van der Waals surface area contributed by atoms with Crippen LogP contribution in [0.3, 0.4) is 0 Å². The standard InChI is InChI=1S/C22H21N3O4S/c1-2-29-19-5-7-20(8-6-19)30(27,28)24-18-4-3-16-11-14-25(21(16)15-18)22(26)17-9-12-23-13-10-17/h3-10,12-13,15,24H,2,11,14H2,1H3. The molecular formula is C22H21N3O4S. The number of nitrogens with one attached hydrogen (secondary N) is 1. The van der Waals surface area contributed by atoms with Crippen LogP contribution in [0.15, 0.2) is 71.9 Å². The van der Waals surface area contributed by atoms with Gasteiger partial charge in [-0.25, -0.2) is 8.42 Å². The molecule has 7 nitrogen and oxygen atoms in total. The van der Waals surface area contributed by atoms with Crippen LogP contribution in [0.5, 0.6) is 5.75 Å². The second-order valence-electron chi connectivity index (χ2n) is 6.80. The molecule has 0 saturated carbocycles. The Bertz CT molecular complexity index is 1160. The Morgan fingerprint density at radius 2 is 1.83 bits per heavy atom. The highest BCUT2D eigenvalue weighted by Crippen LogP contribution is 2.32. The van der Waals surface area contributed by atoms with Crippen LogP contribution in [0.1, 0.15) is 22.8 Å². The molecule has 0 atom stereocenters. The van der Waals surface area contributed by atoms with Gasteiger partial charge in [-0.1, -0.05) is 6.07 Å². The highest BCUT2D eigenvalue weighted by atomic mass is 32.2. The number of anilines is 2. The van der Waals surface area contributed by atoms with Gasteiger partial charge in [0.25, 0.3) is 15.9 Å². The summed E-state index contributed by atoms with van der Waals surface area (Å²) in [5, 5.41) is 0. The van der Waals surface area contributed by atoms with Gasteiger partial charge in [0, 0.05) is 30.2 Å². The summed E-state index contributed by atoms with van der Waals surface area (Å²) in [6, 6.07) is 14.8. The molecule has 0 unspecified atom stereocenters. The molecule has 1 amide bonds. The second kappa shape index (κ2) is 8.16. The second-order valence-corrected chi connectivity index (χ2v) is 8.48. The molecule has 3 aromatic rings. The van der Waals surface area contributed by atoms with Crippen LogP contribution in [-0.4, -0.2) is 32.5 Å². The molecule has 0 saturated heterocycles. The number of amides is 1. The number of fused-ring (bicyclic) bond motifs is 1. The maximum atomic E-state index is 12.9. The largest absolute Gasteiger partial charge is 0.494 e. The van der Waals surface area contributed by atoms with Crippen molar-refractivity contribution in [3.05, 3.63) is 78.1 Å². The van der Waals surface area contributed by atoms with Crippen LogP contribution in [-0.2, 0) is 16.4 Å². The summed E-state index contributed by atoms with van der Waals surface area (Å²) in [5.41, 5.74) is 2.65. The third-order valence-corrected chi connectivity index (χ3v) is 6.25. The van der Waals surface area contributed by atoms with E-state index >= 15 is 0 Å². The molecular weight excluding hydrogens is 402 g/mol.